The van der Waals surface area contributed by atoms with Gasteiger partial charge in [0, 0.05) is 63.9 Å². The van der Waals surface area contributed by atoms with Crippen molar-refractivity contribution in [3.05, 3.63) is 375 Å². The fraction of sp³-hybridized carbons (Fsp3) is 0.0575. The van der Waals surface area contributed by atoms with Crippen molar-refractivity contribution in [2.75, 3.05) is 0 Å². The molecule has 0 saturated carbocycles. The normalized spacial score (nSPS) is 10.4. The first-order valence-electron chi connectivity index (χ1n) is 31.7. The molecular formula is C87H72N8. The Morgan fingerprint density at radius 2 is 0.505 bits per heavy atom. The number of aromatic nitrogens is 8. The van der Waals surface area contributed by atoms with Gasteiger partial charge in [-0.1, -0.05) is 249 Å². The quantitative estimate of drug-likeness (QED) is 0.133. The van der Waals surface area contributed by atoms with Crippen molar-refractivity contribution in [2.24, 2.45) is 0 Å². The van der Waals surface area contributed by atoms with Gasteiger partial charge in [-0.3, -0.25) is 19.9 Å². The van der Waals surface area contributed by atoms with Crippen LogP contribution in [0.2, 0.25) is 0 Å². The number of rotatable bonds is 10. The van der Waals surface area contributed by atoms with Crippen LogP contribution in [0.4, 0.5) is 0 Å². The first-order chi connectivity index (χ1) is 46.6. The summed E-state index contributed by atoms with van der Waals surface area (Å²) in [4.78, 5) is 36.0. The lowest BCUT2D eigenvalue weighted by Gasteiger charge is -2.07. The van der Waals surface area contributed by atoms with Gasteiger partial charge in [-0.15, -0.1) is 0 Å². The molecule has 0 N–H and O–H groups in total. The third-order valence-corrected chi connectivity index (χ3v) is 15.2. The number of hydrogen-bond acceptors (Lipinski definition) is 8. The van der Waals surface area contributed by atoms with Crippen molar-refractivity contribution in [1.29, 1.82) is 0 Å². The van der Waals surface area contributed by atoms with Gasteiger partial charge < -0.3 is 0 Å². The lowest BCUT2D eigenvalue weighted by molar-refractivity contribution is 1.06. The average molecular weight is 1230 g/mol. The van der Waals surface area contributed by atoms with Crippen LogP contribution in [0.3, 0.4) is 0 Å². The van der Waals surface area contributed by atoms with E-state index in [0.29, 0.717) is 0 Å². The second-order valence-corrected chi connectivity index (χ2v) is 22.7. The maximum absolute atomic E-state index is 4.77. The summed E-state index contributed by atoms with van der Waals surface area (Å²) in [5, 5.41) is 0. The van der Waals surface area contributed by atoms with E-state index in [1.54, 1.807) is 12.4 Å². The summed E-state index contributed by atoms with van der Waals surface area (Å²) in [7, 11) is 0. The zero-order valence-electron chi connectivity index (χ0n) is 54.0. The van der Waals surface area contributed by atoms with E-state index in [4.69, 9.17) is 4.98 Å². The van der Waals surface area contributed by atoms with Crippen molar-refractivity contribution >= 4 is 0 Å². The highest BCUT2D eigenvalue weighted by Crippen LogP contribution is 2.30. The molecular weight excluding hydrogens is 1160 g/mol. The Kier molecular flexibility index (Phi) is 22.1. The fourth-order valence-electron chi connectivity index (χ4n) is 10.6. The van der Waals surface area contributed by atoms with Crippen LogP contribution in [0, 0.1) is 34.6 Å². The van der Waals surface area contributed by atoms with Crippen LogP contribution in [0.15, 0.2) is 346 Å². The van der Waals surface area contributed by atoms with E-state index in [1.165, 1.54) is 44.5 Å². The molecule has 0 aliphatic carbocycles. The van der Waals surface area contributed by atoms with E-state index in [9.17, 15) is 0 Å². The second kappa shape index (κ2) is 32.7. The Morgan fingerprint density at radius 3 is 0.884 bits per heavy atom. The molecule has 15 rings (SSSR count). The molecule has 0 aliphatic rings. The molecule has 8 heteroatoms. The van der Waals surface area contributed by atoms with Gasteiger partial charge in [-0.05, 0) is 152 Å². The molecule has 0 unspecified atom stereocenters. The maximum Gasteiger partial charge on any atom is 0.126 e. The minimum Gasteiger partial charge on any atom is -0.264 e. The lowest BCUT2D eigenvalue weighted by Crippen LogP contribution is -1.94. The Hall–Kier alpha value is -12.3. The lowest BCUT2D eigenvalue weighted by atomic mass is 10.0. The first-order valence-corrected chi connectivity index (χ1v) is 31.7. The van der Waals surface area contributed by atoms with Gasteiger partial charge in [-0.2, -0.15) is 0 Å². The predicted molar refractivity (Wildman–Crippen MR) is 393 cm³/mol. The molecule has 7 aromatic heterocycles. The van der Waals surface area contributed by atoms with Gasteiger partial charge >= 0.3 is 0 Å². The molecule has 15 aromatic rings. The average Bonchev–Trinajstić information content (AvgIpc) is 1.09. The van der Waals surface area contributed by atoms with Crippen LogP contribution in [-0.4, -0.2) is 39.9 Å². The molecule has 460 valence electrons. The Labute approximate surface area is 558 Å². The molecule has 0 radical (unpaired) electrons. The summed E-state index contributed by atoms with van der Waals surface area (Å²) in [6.07, 6.45) is 7.34. The van der Waals surface area contributed by atoms with Gasteiger partial charge in [0.1, 0.15) is 5.82 Å². The molecule has 0 amide bonds. The number of hydrogen-bond donors (Lipinski definition) is 0. The maximum atomic E-state index is 4.77. The second-order valence-electron chi connectivity index (χ2n) is 22.7. The molecule has 95 heavy (non-hydrogen) atoms. The Bertz CT molecular complexity index is 4090. The van der Waals surface area contributed by atoms with Crippen LogP contribution >= 0.6 is 0 Å². The van der Waals surface area contributed by atoms with E-state index in [1.807, 2.05) is 184 Å². The number of nitrogens with zero attached hydrogens (tertiary/aromatic N) is 8. The minimum absolute atomic E-state index is 0.792. The molecule has 0 atom stereocenters. The smallest absolute Gasteiger partial charge is 0.126 e. The fourth-order valence-corrected chi connectivity index (χ4v) is 10.6. The molecule has 0 spiro atoms. The third-order valence-electron chi connectivity index (χ3n) is 15.2. The van der Waals surface area contributed by atoms with E-state index < -0.39 is 0 Å². The van der Waals surface area contributed by atoms with Crippen LogP contribution in [0.5, 0.6) is 0 Å². The van der Waals surface area contributed by atoms with E-state index >= 15 is 0 Å². The summed E-state index contributed by atoms with van der Waals surface area (Å²) in [6.45, 7) is 10.2. The van der Waals surface area contributed by atoms with Crippen molar-refractivity contribution in [3.8, 4) is 112 Å². The summed E-state index contributed by atoms with van der Waals surface area (Å²) in [6, 6.07) is 109. The van der Waals surface area contributed by atoms with Crippen molar-refractivity contribution in [2.45, 2.75) is 34.6 Å². The molecule has 0 bridgehead atoms. The molecule has 0 aliphatic heterocycles. The standard InChI is InChI=1S/3C18H15N.C17H14N2.C16H13N3/c1-14-12-17(15-8-4-2-5-9-15)13-18(19-14)16-10-6-3-7-11-16;1-14-12-17(15-8-4-2-5-9-15)19-18(13-14)16-10-6-3-7-11-16;1-14-11-18(13-19-12-14)17-9-7-16(8-10-17)15-5-3-2-4-6-15;1-13-18-16(14-8-4-2-5-9-14)12-17(19-13)15-10-6-3-7-11-15;1-12-10-15(13-6-2-4-8-17-13)19-16(11-12)14-7-3-5-9-18-14/h3*2-13H,1H3;2-12H,1H3;2-11H,1H3. The zero-order chi connectivity index (χ0) is 65.4. The topological polar surface area (TPSA) is 103 Å². The summed E-state index contributed by atoms with van der Waals surface area (Å²) in [5.74, 6) is 0.792. The van der Waals surface area contributed by atoms with Crippen molar-refractivity contribution < 1.29 is 0 Å². The molecule has 8 aromatic carbocycles. The van der Waals surface area contributed by atoms with Crippen LogP contribution in [-0.2, 0) is 0 Å². The highest BCUT2D eigenvalue weighted by atomic mass is 14.9. The van der Waals surface area contributed by atoms with Gasteiger partial charge in [-0.25, -0.2) is 19.9 Å². The Balaban J connectivity index is 0.000000121. The van der Waals surface area contributed by atoms with Gasteiger partial charge in [0.2, 0.25) is 0 Å². The molecule has 0 saturated heterocycles. The molecule has 7 heterocycles. The van der Waals surface area contributed by atoms with Crippen LogP contribution in [0.1, 0.15) is 28.2 Å². The van der Waals surface area contributed by atoms with Gasteiger partial charge in [0.15, 0.2) is 0 Å². The first kappa shape index (κ1) is 64.3. The SMILES string of the molecule is Cc1cc(-c2ccccc2)cc(-c2ccccc2)n1.Cc1cc(-c2ccccc2)nc(-c2ccccc2)c1.Cc1cc(-c2ccccn2)nc(-c2ccccn2)c1.Cc1cncc(-c2ccc(-c3ccccc3)cc2)c1.Cc1nc(-c2ccccc2)cc(-c2ccccc2)n1. The van der Waals surface area contributed by atoms with E-state index in [-0.39, 0.29) is 0 Å². The minimum atomic E-state index is 0.792. The molecule has 8 nitrogen and oxygen atoms in total. The van der Waals surface area contributed by atoms with Gasteiger partial charge in [0.05, 0.1) is 51.2 Å². The number of aryl methyl sites for hydroxylation is 5. The highest BCUT2D eigenvalue weighted by Gasteiger charge is 2.10. The van der Waals surface area contributed by atoms with Crippen LogP contribution < -0.4 is 0 Å². The molecule has 0 fully saturated rings. The summed E-state index contributed by atoms with van der Waals surface area (Å²) in [5.41, 5.74) is 26.1. The van der Waals surface area contributed by atoms with E-state index in [0.717, 1.165) is 96.1 Å². The summed E-state index contributed by atoms with van der Waals surface area (Å²) >= 11 is 0. The largest absolute Gasteiger partial charge is 0.264 e. The third kappa shape index (κ3) is 18.5. The van der Waals surface area contributed by atoms with Gasteiger partial charge in [0.25, 0.3) is 0 Å². The highest BCUT2D eigenvalue weighted by molar-refractivity contribution is 5.73. The van der Waals surface area contributed by atoms with Crippen LogP contribution in [0.25, 0.3) is 112 Å². The van der Waals surface area contributed by atoms with Crippen molar-refractivity contribution in [3.63, 3.8) is 0 Å². The summed E-state index contributed by atoms with van der Waals surface area (Å²) < 4.78 is 0. The monoisotopic (exact) mass is 1230 g/mol. The Morgan fingerprint density at radius 1 is 0.189 bits per heavy atom. The zero-order valence-corrected chi connectivity index (χ0v) is 54.0. The predicted octanol–water partition coefficient (Wildman–Crippen LogP) is 21.8. The van der Waals surface area contributed by atoms with Crippen molar-refractivity contribution in [1.82, 2.24) is 39.9 Å². The number of benzene rings is 8. The number of pyridine rings is 6. The van der Waals surface area contributed by atoms with E-state index in [2.05, 4.69) is 219 Å².